The lowest BCUT2D eigenvalue weighted by molar-refractivity contribution is -0.119. The Bertz CT molecular complexity index is 1140. The number of amides is 3. The van der Waals surface area contributed by atoms with E-state index in [2.05, 4.69) is 21.6 Å². The van der Waals surface area contributed by atoms with E-state index >= 15 is 0 Å². The molecule has 0 bridgehead atoms. The zero-order valence-electron chi connectivity index (χ0n) is 17.5. The summed E-state index contributed by atoms with van der Waals surface area (Å²) in [6, 6.07) is 17.4. The van der Waals surface area contributed by atoms with Crippen molar-refractivity contribution in [3.63, 3.8) is 0 Å². The number of nitrogens with one attached hydrogen (secondary N) is 2. The standard InChI is InChI=1S/C24H25FN4O3/c25-19-8-7-17-11-16(5-6-18(17)12-19)13-29-10-9-20(14-29)27-24(31)28-21-3-1-2-4-22(21)32-15-23(26)30/h1-8,11-12,20H,9-10,13-15H2,(H2,26,30)(H2,27,28,31)/t20-/m1/s1. The van der Waals surface area contributed by atoms with Crippen LogP contribution in [0.5, 0.6) is 5.75 Å². The average molecular weight is 436 g/mol. The molecule has 3 aromatic carbocycles. The summed E-state index contributed by atoms with van der Waals surface area (Å²) in [5.41, 5.74) is 6.73. The number of nitrogens with zero attached hydrogens (tertiary/aromatic N) is 1. The molecule has 4 N–H and O–H groups in total. The Labute approximate surface area is 185 Å². The number of rotatable bonds is 7. The Morgan fingerprint density at radius 2 is 1.88 bits per heavy atom. The molecule has 1 atom stereocenters. The molecular formula is C24H25FN4O3. The summed E-state index contributed by atoms with van der Waals surface area (Å²) in [5.74, 6) is -0.446. The number of halogens is 1. The van der Waals surface area contributed by atoms with Gasteiger partial charge in [0.25, 0.3) is 5.91 Å². The first-order chi connectivity index (χ1) is 15.5. The van der Waals surface area contributed by atoms with E-state index in [9.17, 15) is 14.0 Å². The summed E-state index contributed by atoms with van der Waals surface area (Å²) in [7, 11) is 0. The molecule has 4 rings (SSSR count). The summed E-state index contributed by atoms with van der Waals surface area (Å²) < 4.78 is 18.7. The number of nitrogens with two attached hydrogens (primary N) is 1. The summed E-state index contributed by atoms with van der Waals surface area (Å²) in [5, 5.41) is 7.65. The quantitative estimate of drug-likeness (QED) is 0.530. The average Bonchev–Trinajstić information content (AvgIpc) is 3.19. The number of primary amides is 1. The lowest BCUT2D eigenvalue weighted by Crippen LogP contribution is -2.39. The summed E-state index contributed by atoms with van der Waals surface area (Å²) >= 11 is 0. The molecule has 3 aromatic rings. The van der Waals surface area contributed by atoms with Gasteiger partial charge in [-0.2, -0.15) is 0 Å². The van der Waals surface area contributed by atoms with Crippen molar-refractivity contribution in [1.29, 1.82) is 0 Å². The largest absolute Gasteiger partial charge is 0.482 e. The van der Waals surface area contributed by atoms with Crippen LogP contribution in [0.25, 0.3) is 10.8 Å². The van der Waals surface area contributed by atoms with Crippen LogP contribution < -0.4 is 21.1 Å². The van der Waals surface area contributed by atoms with Gasteiger partial charge < -0.3 is 21.1 Å². The van der Waals surface area contributed by atoms with Gasteiger partial charge in [0.2, 0.25) is 0 Å². The van der Waals surface area contributed by atoms with E-state index in [4.69, 9.17) is 10.5 Å². The van der Waals surface area contributed by atoms with Gasteiger partial charge in [-0.05, 0) is 53.1 Å². The normalized spacial score (nSPS) is 16.1. The first-order valence-electron chi connectivity index (χ1n) is 10.4. The van der Waals surface area contributed by atoms with Gasteiger partial charge in [0.05, 0.1) is 5.69 Å². The minimum atomic E-state index is -0.589. The lowest BCUT2D eigenvalue weighted by atomic mass is 10.1. The molecule has 3 amide bonds. The number of carbonyl (C=O) groups excluding carboxylic acids is 2. The molecule has 0 radical (unpaired) electrons. The summed E-state index contributed by atoms with van der Waals surface area (Å²) in [4.78, 5) is 25.7. The zero-order chi connectivity index (χ0) is 22.5. The Morgan fingerprint density at radius 1 is 1.09 bits per heavy atom. The SMILES string of the molecule is NC(=O)COc1ccccc1NC(=O)N[C@@H]1CCN(Cc2ccc3cc(F)ccc3c2)C1. The van der Waals surface area contributed by atoms with Gasteiger partial charge >= 0.3 is 6.03 Å². The van der Waals surface area contributed by atoms with E-state index < -0.39 is 5.91 Å². The Balaban J connectivity index is 1.30. The maximum atomic E-state index is 13.4. The number of benzene rings is 3. The fourth-order valence-electron chi connectivity index (χ4n) is 3.91. The van der Waals surface area contributed by atoms with E-state index in [0.717, 1.165) is 42.4 Å². The van der Waals surface area contributed by atoms with Crippen molar-refractivity contribution >= 4 is 28.4 Å². The molecule has 0 aromatic heterocycles. The molecule has 1 saturated heterocycles. The molecule has 7 nitrogen and oxygen atoms in total. The lowest BCUT2D eigenvalue weighted by Gasteiger charge is -2.18. The number of hydrogen-bond acceptors (Lipinski definition) is 4. The smallest absolute Gasteiger partial charge is 0.319 e. The van der Waals surface area contributed by atoms with Crippen molar-refractivity contribution in [1.82, 2.24) is 10.2 Å². The molecule has 0 saturated carbocycles. The van der Waals surface area contributed by atoms with Gasteiger partial charge in [-0.3, -0.25) is 9.69 Å². The number of ether oxygens (including phenoxy) is 1. The minimum absolute atomic E-state index is 0.0169. The van der Waals surface area contributed by atoms with E-state index in [1.165, 1.54) is 12.1 Å². The highest BCUT2D eigenvalue weighted by atomic mass is 19.1. The molecule has 1 aliphatic heterocycles. The predicted molar refractivity (Wildman–Crippen MR) is 121 cm³/mol. The van der Waals surface area contributed by atoms with Crippen molar-refractivity contribution in [3.8, 4) is 5.75 Å². The second kappa shape index (κ2) is 9.65. The summed E-state index contributed by atoms with van der Waals surface area (Å²) in [6.07, 6.45) is 0.839. The number of urea groups is 1. The second-order valence-electron chi connectivity index (χ2n) is 7.90. The zero-order valence-corrected chi connectivity index (χ0v) is 17.5. The van der Waals surface area contributed by atoms with Crippen molar-refractivity contribution < 1.29 is 18.7 Å². The Hall–Kier alpha value is -3.65. The van der Waals surface area contributed by atoms with Gasteiger partial charge in [0, 0.05) is 25.7 Å². The van der Waals surface area contributed by atoms with Crippen molar-refractivity contribution in [3.05, 3.63) is 72.0 Å². The van der Waals surface area contributed by atoms with Crippen LogP contribution >= 0.6 is 0 Å². The predicted octanol–water partition coefficient (Wildman–Crippen LogP) is 3.24. The molecule has 32 heavy (non-hydrogen) atoms. The fraction of sp³-hybridized carbons (Fsp3) is 0.250. The monoisotopic (exact) mass is 436 g/mol. The van der Waals surface area contributed by atoms with Crippen molar-refractivity contribution in [2.75, 3.05) is 25.0 Å². The van der Waals surface area contributed by atoms with Crippen LogP contribution in [-0.4, -0.2) is 42.6 Å². The van der Waals surface area contributed by atoms with Crippen molar-refractivity contribution in [2.45, 2.75) is 19.0 Å². The van der Waals surface area contributed by atoms with Gasteiger partial charge in [0.15, 0.2) is 6.61 Å². The highest BCUT2D eigenvalue weighted by Gasteiger charge is 2.24. The maximum absolute atomic E-state index is 13.4. The number of para-hydroxylation sites is 2. The third kappa shape index (κ3) is 5.53. The molecule has 0 unspecified atom stereocenters. The first-order valence-corrected chi connectivity index (χ1v) is 10.4. The van der Waals surface area contributed by atoms with Gasteiger partial charge in [-0.15, -0.1) is 0 Å². The molecule has 1 fully saturated rings. The summed E-state index contributed by atoms with van der Waals surface area (Å²) in [6.45, 7) is 2.10. The second-order valence-corrected chi connectivity index (χ2v) is 7.90. The highest BCUT2D eigenvalue weighted by Crippen LogP contribution is 2.24. The Morgan fingerprint density at radius 3 is 2.72 bits per heavy atom. The Kier molecular flexibility index (Phi) is 6.51. The fourth-order valence-corrected chi connectivity index (χ4v) is 3.91. The number of likely N-dealkylation sites (tertiary alicyclic amines) is 1. The van der Waals surface area contributed by atoms with Gasteiger partial charge in [-0.1, -0.05) is 30.3 Å². The van der Waals surface area contributed by atoms with Crippen LogP contribution in [-0.2, 0) is 11.3 Å². The molecule has 0 aliphatic carbocycles. The van der Waals surface area contributed by atoms with Crippen molar-refractivity contribution in [2.24, 2.45) is 5.73 Å². The molecule has 8 heteroatoms. The molecule has 1 heterocycles. The maximum Gasteiger partial charge on any atom is 0.319 e. The van der Waals surface area contributed by atoms with E-state index in [1.54, 1.807) is 30.3 Å². The number of carbonyl (C=O) groups is 2. The van der Waals surface area contributed by atoms with Crippen LogP contribution in [0.15, 0.2) is 60.7 Å². The van der Waals surface area contributed by atoms with Crippen LogP contribution in [0.3, 0.4) is 0 Å². The van der Waals surface area contributed by atoms with E-state index in [-0.39, 0.29) is 24.5 Å². The number of hydrogen-bond donors (Lipinski definition) is 3. The van der Waals surface area contributed by atoms with Crippen LogP contribution in [0.1, 0.15) is 12.0 Å². The van der Waals surface area contributed by atoms with Crippen LogP contribution in [0.2, 0.25) is 0 Å². The van der Waals surface area contributed by atoms with Crippen LogP contribution in [0, 0.1) is 5.82 Å². The molecule has 1 aliphatic rings. The topological polar surface area (TPSA) is 96.7 Å². The van der Waals surface area contributed by atoms with Gasteiger partial charge in [0.1, 0.15) is 11.6 Å². The minimum Gasteiger partial charge on any atom is -0.482 e. The molecule has 0 spiro atoms. The van der Waals surface area contributed by atoms with Crippen LogP contribution in [0.4, 0.5) is 14.9 Å². The number of fused-ring (bicyclic) bond motifs is 1. The van der Waals surface area contributed by atoms with Gasteiger partial charge in [-0.25, -0.2) is 9.18 Å². The first kappa shape index (κ1) is 21.6. The molecule has 166 valence electrons. The molecular weight excluding hydrogens is 411 g/mol. The van der Waals surface area contributed by atoms with E-state index in [1.807, 2.05) is 12.1 Å². The third-order valence-corrected chi connectivity index (χ3v) is 5.39. The van der Waals surface area contributed by atoms with E-state index in [0.29, 0.717) is 11.4 Å². The number of anilines is 1. The highest BCUT2D eigenvalue weighted by molar-refractivity contribution is 5.91. The third-order valence-electron chi connectivity index (χ3n) is 5.39.